The average molecular weight is 463 g/mol. The van der Waals surface area contributed by atoms with E-state index < -0.39 is 5.82 Å². The number of fused-ring (bicyclic) bond motifs is 1. The van der Waals surface area contributed by atoms with Crippen LogP contribution in [0, 0.1) is 5.82 Å². The molecule has 2 aromatic heterocycles. The number of rotatable bonds is 7. The van der Waals surface area contributed by atoms with Crippen LogP contribution in [0.15, 0.2) is 60.9 Å². The molecule has 0 aliphatic carbocycles. The van der Waals surface area contributed by atoms with E-state index in [2.05, 4.69) is 10.3 Å². The molecule has 1 aliphatic rings. The fraction of sp³-hybridized carbons (Fsp3) is 0.308. The smallest absolute Gasteiger partial charge is 0.414 e. The molecule has 2 amide bonds. The van der Waals surface area contributed by atoms with Crippen molar-refractivity contribution in [2.75, 3.05) is 18.1 Å². The zero-order valence-corrected chi connectivity index (χ0v) is 19.0. The molecule has 0 radical (unpaired) electrons. The fourth-order valence-electron chi connectivity index (χ4n) is 3.91. The van der Waals surface area contributed by atoms with Crippen LogP contribution in [0.4, 0.5) is 14.9 Å². The molecule has 7 nitrogen and oxygen atoms in total. The fourth-order valence-corrected chi connectivity index (χ4v) is 3.91. The van der Waals surface area contributed by atoms with Crippen molar-refractivity contribution >= 4 is 17.7 Å². The number of pyridine rings is 2. The first-order chi connectivity index (χ1) is 16.5. The Morgan fingerprint density at radius 1 is 1.12 bits per heavy atom. The zero-order chi connectivity index (χ0) is 23.9. The zero-order valence-electron chi connectivity index (χ0n) is 19.0. The van der Waals surface area contributed by atoms with Crippen molar-refractivity contribution in [1.29, 1.82) is 0 Å². The normalized spacial score (nSPS) is 13.6. The standard InChI is InChI=1S/C26H27FN4O3/c1-18(29-25(32)20-6-8-21(27)9-7-20)22-10-11-24-23(30-22)5-2-16-31(24)26(33)34-17-3-4-19-12-14-28-15-13-19/h6-15,18H,2-5,16-17H2,1H3,(H,29,32). The minimum atomic E-state index is -0.391. The lowest BCUT2D eigenvalue weighted by molar-refractivity contribution is 0.0939. The van der Waals surface area contributed by atoms with Gasteiger partial charge < -0.3 is 10.1 Å². The Balaban J connectivity index is 1.35. The van der Waals surface area contributed by atoms with Gasteiger partial charge in [0, 0.05) is 24.5 Å². The molecular formula is C26H27FN4O3. The van der Waals surface area contributed by atoms with Crippen molar-refractivity contribution in [2.45, 2.75) is 38.6 Å². The summed E-state index contributed by atoms with van der Waals surface area (Å²) in [5, 5.41) is 2.89. The third-order valence-corrected chi connectivity index (χ3v) is 5.76. The summed E-state index contributed by atoms with van der Waals surface area (Å²) in [4.78, 5) is 35.5. The van der Waals surface area contributed by atoms with Crippen LogP contribution >= 0.6 is 0 Å². The van der Waals surface area contributed by atoms with Crippen LogP contribution in [0.2, 0.25) is 0 Å². The van der Waals surface area contributed by atoms with Gasteiger partial charge >= 0.3 is 6.09 Å². The first-order valence-electron chi connectivity index (χ1n) is 11.4. The highest BCUT2D eigenvalue weighted by Gasteiger charge is 2.25. The van der Waals surface area contributed by atoms with Crippen molar-refractivity contribution in [3.8, 4) is 0 Å². The molecule has 0 saturated heterocycles. The number of aromatic nitrogens is 2. The van der Waals surface area contributed by atoms with Gasteiger partial charge in [0.05, 0.1) is 29.7 Å². The maximum absolute atomic E-state index is 13.1. The largest absolute Gasteiger partial charge is 0.449 e. The van der Waals surface area contributed by atoms with Crippen molar-refractivity contribution in [3.05, 3.63) is 89.3 Å². The van der Waals surface area contributed by atoms with E-state index in [0.717, 1.165) is 42.6 Å². The Bertz CT molecular complexity index is 1140. The molecular weight excluding hydrogens is 435 g/mol. The van der Waals surface area contributed by atoms with Crippen LogP contribution in [0.25, 0.3) is 0 Å². The maximum Gasteiger partial charge on any atom is 0.414 e. The van der Waals surface area contributed by atoms with E-state index in [1.165, 1.54) is 24.3 Å². The number of benzene rings is 1. The predicted octanol–water partition coefficient (Wildman–Crippen LogP) is 4.63. The quantitative estimate of drug-likeness (QED) is 0.518. The molecule has 176 valence electrons. The number of hydrogen-bond acceptors (Lipinski definition) is 5. The minimum absolute atomic E-state index is 0.302. The van der Waals surface area contributed by atoms with Gasteiger partial charge in [-0.25, -0.2) is 9.18 Å². The predicted molar refractivity (Wildman–Crippen MR) is 126 cm³/mol. The average Bonchev–Trinajstić information content (AvgIpc) is 2.86. The molecule has 4 rings (SSSR count). The summed E-state index contributed by atoms with van der Waals surface area (Å²) in [5.41, 5.74) is 3.78. The van der Waals surface area contributed by atoms with Crippen molar-refractivity contribution < 1.29 is 18.7 Å². The number of amides is 2. The lowest BCUT2D eigenvalue weighted by Crippen LogP contribution is -2.37. The molecule has 1 aliphatic heterocycles. The highest BCUT2D eigenvalue weighted by Crippen LogP contribution is 2.28. The number of nitrogens with one attached hydrogen (secondary N) is 1. The molecule has 1 aromatic carbocycles. The van der Waals surface area contributed by atoms with Gasteiger partial charge in [-0.05, 0) is 86.7 Å². The van der Waals surface area contributed by atoms with Crippen LogP contribution < -0.4 is 10.2 Å². The number of carbonyl (C=O) groups is 2. The molecule has 34 heavy (non-hydrogen) atoms. The molecule has 1 atom stereocenters. The van der Waals surface area contributed by atoms with E-state index in [-0.39, 0.29) is 18.0 Å². The van der Waals surface area contributed by atoms with Crippen LogP contribution in [0.3, 0.4) is 0 Å². The summed E-state index contributed by atoms with van der Waals surface area (Å²) in [6.07, 6.45) is 6.21. The Morgan fingerprint density at radius 3 is 2.65 bits per heavy atom. The Hall–Kier alpha value is -3.81. The second-order valence-electron chi connectivity index (χ2n) is 8.23. The van der Waals surface area contributed by atoms with Gasteiger partial charge in [0.1, 0.15) is 5.82 Å². The van der Waals surface area contributed by atoms with E-state index in [4.69, 9.17) is 9.72 Å². The number of aryl methyl sites for hydroxylation is 2. The Kier molecular flexibility index (Phi) is 7.47. The molecule has 0 spiro atoms. The minimum Gasteiger partial charge on any atom is -0.449 e. The highest BCUT2D eigenvalue weighted by molar-refractivity contribution is 5.94. The summed E-state index contributed by atoms with van der Waals surface area (Å²) in [6.45, 7) is 2.76. The molecule has 0 fully saturated rings. The summed E-state index contributed by atoms with van der Waals surface area (Å²) < 4.78 is 18.6. The van der Waals surface area contributed by atoms with Gasteiger partial charge in [0.2, 0.25) is 0 Å². The molecule has 3 aromatic rings. The molecule has 8 heteroatoms. The van der Waals surface area contributed by atoms with Crippen molar-refractivity contribution in [1.82, 2.24) is 15.3 Å². The Morgan fingerprint density at radius 2 is 1.88 bits per heavy atom. The molecule has 0 bridgehead atoms. The number of nitrogens with zero attached hydrogens (tertiary/aromatic N) is 3. The molecule has 1 N–H and O–H groups in total. The Labute approximate surface area is 198 Å². The second kappa shape index (κ2) is 10.9. The molecule has 0 saturated carbocycles. The summed E-state index contributed by atoms with van der Waals surface area (Å²) in [7, 11) is 0. The summed E-state index contributed by atoms with van der Waals surface area (Å²) in [5.74, 6) is -0.693. The van der Waals surface area contributed by atoms with Crippen LogP contribution in [0.1, 0.15) is 53.1 Å². The van der Waals surface area contributed by atoms with Gasteiger partial charge in [0.15, 0.2) is 0 Å². The third-order valence-electron chi connectivity index (χ3n) is 5.76. The van der Waals surface area contributed by atoms with E-state index >= 15 is 0 Å². The number of carbonyl (C=O) groups excluding carboxylic acids is 2. The van der Waals surface area contributed by atoms with E-state index in [9.17, 15) is 14.0 Å². The summed E-state index contributed by atoms with van der Waals surface area (Å²) >= 11 is 0. The monoisotopic (exact) mass is 462 g/mol. The van der Waals surface area contributed by atoms with Crippen molar-refractivity contribution in [3.63, 3.8) is 0 Å². The van der Waals surface area contributed by atoms with E-state index in [0.29, 0.717) is 24.4 Å². The van der Waals surface area contributed by atoms with E-state index in [1.807, 2.05) is 31.2 Å². The van der Waals surface area contributed by atoms with Gasteiger partial charge in [0.25, 0.3) is 5.91 Å². The SMILES string of the molecule is CC(NC(=O)c1ccc(F)cc1)c1ccc2c(n1)CCCN2C(=O)OCCCc1ccncc1. The highest BCUT2D eigenvalue weighted by atomic mass is 19.1. The van der Waals surface area contributed by atoms with E-state index in [1.54, 1.807) is 17.3 Å². The summed E-state index contributed by atoms with van der Waals surface area (Å²) in [6, 6.07) is 12.6. The van der Waals surface area contributed by atoms with Crippen LogP contribution in [-0.2, 0) is 17.6 Å². The van der Waals surface area contributed by atoms with Crippen molar-refractivity contribution in [2.24, 2.45) is 0 Å². The van der Waals surface area contributed by atoms with Gasteiger partial charge in [-0.2, -0.15) is 0 Å². The van der Waals surface area contributed by atoms with Crippen LogP contribution in [-0.4, -0.2) is 35.1 Å². The number of anilines is 1. The van der Waals surface area contributed by atoms with Crippen LogP contribution in [0.5, 0.6) is 0 Å². The topological polar surface area (TPSA) is 84.4 Å². The first-order valence-corrected chi connectivity index (χ1v) is 11.4. The first kappa shape index (κ1) is 23.4. The second-order valence-corrected chi connectivity index (χ2v) is 8.23. The van der Waals surface area contributed by atoms with Gasteiger partial charge in [-0.3, -0.25) is 19.7 Å². The van der Waals surface area contributed by atoms with Gasteiger partial charge in [-0.1, -0.05) is 0 Å². The maximum atomic E-state index is 13.1. The van der Waals surface area contributed by atoms with Gasteiger partial charge in [-0.15, -0.1) is 0 Å². The third kappa shape index (κ3) is 5.75. The lowest BCUT2D eigenvalue weighted by Gasteiger charge is -2.29. The molecule has 1 unspecified atom stereocenters. The number of ether oxygens (including phenoxy) is 1. The lowest BCUT2D eigenvalue weighted by atomic mass is 10.1. The molecule has 3 heterocycles. The number of hydrogen-bond donors (Lipinski definition) is 1. The number of halogens is 1.